The number of hydrogen-bond donors (Lipinski definition) is 1. The molecule has 0 aliphatic heterocycles. The van der Waals surface area contributed by atoms with Crippen LogP contribution in [0, 0.1) is 5.82 Å². The van der Waals surface area contributed by atoms with Crippen LogP contribution in [0.25, 0.3) is 0 Å². The van der Waals surface area contributed by atoms with Crippen LogP contribution in [0.1, 0.15) is 5.56 Å². The van der Waals surface area contributed by atoms with Crippen LogP contribution in [0.15, 0.2) is 45.3 Å². The van der Waals surface area contributed by atoms with Gasteiger partial charge in [0.15, 0.2) is 0 Å². The summed E-state index contributed by atoms with van der Waals surface area (Å²) >= 11 is 6.67. The molecule has 2 aromatic carbocycles. The Bertz CT molecular complexity index is 569. The van der Waals surface area contributed by atoms with Crippen LogP contribution < -0.4 is 10.1 Å². The molecule has 100 valence electrons. The summed E-state index contributed by atoms with van der Waals surface area (Å²) in [5.41, 5.74) is 0.997. The molecule has 0 radical (unpaired) electrons. The van der Waals surface area contributed by atoms with Gasteiger partial charge in [0, 0.05) is 27.1 Å². The van der Waals surface area contributed by atoms with E-state index in [2.05, 4.69) is 37.2 Å². The summed E-state index contributed by atoms with van der Waals surface area (Å²) in [7, 11) is 1.86. The highest BCUT2D eigenvalue weighted by atomic mass is 79.9. The molecule has 0 saturated carbocycles. The van der Waals surface area contributed by atoms with Crippen molar-refractivity contribution in [1.29, 1.82) is 0 Å². The highest BCUT2D eigenvalue weighted by molar-refractivity contribution is 9.10. The highest BCUT2D eigenvalue weighted by Crippen LogP contribution is 2.30. The Morgan fingerprint density at radius 1 is 1.11 bits per heavy atom. The van der Waals surface area contributed by atoms with Gasteiger partial charge in [0.25, 0.3) is 0 Å². The monoisotopic (exact) mass is 387 g/mol. The Morgan fingerprint density at radius 3 is 2.58 bits per heavy atom. The Hall–Kier alpha value is -0.910. The van der Waals surface area contributed by atoms with Crippen molar-refractivity contribution in [1.82, 2.24) is 5.32 Å². The molecule has 19 heavy (non-hydrogen) atoms. The summed E-state index contributed by atoms with van der Waals surface area (Å²) in [6.07, 6.45) is 0. The predicted octanol–water partition coefficient (Wildman–Crippen LogP) is 4.86. The van der Waals surface area contributed by atoms with Gasteiger partial charge in [0.1, 0.15) is 17.3 Å². The Kier molecular flexibility index (Phi) is 4.96. The van der Waals surface area contributed by atoms with Crippen molar-refractivity contribution in [2.24, 2.45) is 0 Å². The molecule has 0 fully saturated rings. The first kappa shape index (κ1) is 14.5. The molecule has 2 rings (SSSR count). The molecule has 0 spiro atoms. The van der Waals surface area contributed by atoms with Gasteiger partial charge in [-0.15, -0.1) is 0 Å². The second kappa shape index (κ2) is 6.50. The molecule has 2 nitrogen and oxygen atoms in total. The molecular weight excluding hydrogens is 377 g/mol. The first-order chi connectivity index (χ1) is 9.08. The van der Waals surface area contributed by atoms with E-state index in [0.29, 0.717) is 22.5 Å². The van der Waals surface area contributed by atoms with E-state index in [0.717, 1.165) is 10.0 Å². The summed E-state index contributed by atoms with van der Waals surface area (Å²) in [5, 5.41) is 3.08. The maximum absolute atomic E-state index is 13.3. The van der Waals surface area contributed by atoms with E-state index in [1.807, 2.05) is 25.2 Å². The summed E-state index contributed by atoms with van der Waals surface area (Å²) in [6, 6.07) is 10.2. The van der Waals surface area contributed by atoms with Gasteiger partial charge in [0.2, 0.25) is 0 Å². The van der Waals surface area contributed by atoms with Crippen LogP contribution in [-0.4, -0.2) is 7.05 Å². The van der Waals surface area contributed by atoms with E-state index in [1.54, 1.807) is 6.07 Å². The van der Waals surface area contributed by atoms with E-state index in [1.165, 1.54) is 12.1 Å². The SMILES string of the molecule is CNCc1cc(Br)ccc1Oc1cc(F)cc(Br)c1. The summed E-state index contributed by atoms with van der Waals surface area (Å²) in [4.78, 5) is 0. The lowest BCUT2D eigenvalue weighted by atomic mass is 10.2. The second-order valence-electron chi connectivity index (χ2n) is 3.99. The van der Waals surface area contributed by atoms with Gasteiger partial charge >= 0.3 is 0 Å². The fourth-order valence-corrected chi connectivity index (χ4v) is 2.54. The molecule has 0 aliphatic rings. The number of benzene rings is 2. The molecule has 0 heterocycles. The third kappa shape index (κ3) is 4.03. The molecule has 2 aromatic rings. The molecule has 0 saturated heterocycles. The lowest BCUT2D eigenvalue weighted by molar-refractivity contribution is 0.468. The second-order valence-corrected chi connectivity index (χ2v) is 5.82. The topological polar surface area (TPSA) is 21.3 Å². The van der Waals surface area contributed by atoms with E-state index in [9.17, 15) is 4.39 Å². The standard InChI is InChI=1S/C14H12Br2FNO/c1-18-8-9-4-10(15)2-3-14(9)19-13-6-11(16)5-12(17)7-13/h2-7,18H,8H2,1H3. The van der Waals surface area contributed by atoms with Gasteiger partial charge in [-0.05, 0) is 37.4 Å². The minimum absolute atomic E-state index is 0.336. The smallest absolute Gasteiger partial charge is 0.131 e. The normalized spacial score (nSPS) is 10.5. The maximum Gasteiger partial charge on any atom is 0.131 e. The molecule has 0 bridgehead atoms. The summed E-state index contributed by atoms with van der Waals surface area (Å²) in [5.74, 6) is 0.832. The number of rotatable bonds is 4. The van der Waals surface area contributed by atoms with Gasteiger partial charge < -0.3 is 10.1 Å². The van der Waals surface area contributed by atoms with Gasteiger partial charge in [-0.25, -0.2) is 4.39 Å². The van der Waals surface area contributed by atoms with Crippen LogP contribution in [0.2, 0.25) is 0 Å². The maximum atomic E-state index is 13.3. The predicted molar refractivity (Wildman–Crippen MR) is 81.1 cm³/mol. The first-order valence-corrected chi connectivity index (χ1v) is 7.24. The zero-order valence-electron chi connectivity index (χ0n) is 10.2. The zero-order valence-corrected chi connectivity index (χ0v) is 13.4. The summed E-state index contributed by atoms with van der Waals surface area (Å²) < 4.78 is 20.7. The van der Waals surface area contributed by atoms with Crippen molar-refractivity contribution in [3.8, 4) is 11.5 Å². The minimum Gasteiger partial charge on any atom is -0.457 e. The average molecular weight is 389 g/mol. The quantitative estimate of drug-likeness (QED) is 0.807. The molecule has 0 aliphatic carbocycles. The van der Waals surface area contributed by atoms with Gasteiger partial charge in [-0.3, -0.25) is 0 Å². The Balaban J connectivity index is 2.31. The molecule has 0 atom stereocenters. The molecular formula is C14H12Br2FNO. The lowest BCUT2D eigenvalue weighted by Gasteiger charge is -2.12. The van der Waals surface area contributed by atoms with Crippen molar-refractivity contribution in [3.05, 3.63) is 56.7 Å². The molecule has 0 amide bonds. The summed E-state index contributed by atoms with van der Waals surface area (Å²) in [6.45, 7) is 0.672. The fourth-order valence-electron chi connectivity index (χ4n) is 1.69. The molecule has 0 aromatic heterocycles. The average Bonchev–Trinajstić information content (AvgIpc) is 2.32. The van der Waals surface area contributed by atoms with Crippen LogP contribution in [0.4, 0.5) is 4.39 Å². The van der Waals surface area contributed by atoms with Gasteiger partial charge in [-0.1, -0.05) is 31.9 Å². The third-order valence-corrected chi connectivity index (χ3v) is 3.40. The molecule has 0 unspecified atom stereocenters. The van der Waals surface area contributed by atoms with E-state index < -0.39 is 0 Å². The largest absolute Gasteiger partial charge is 0.457 e. The third-order valence-electron chi connectivity index (χ3n) is 2.45. The van der Waals surface area contributed by atoms with Crippen LogP contribution in [0.5, 0.6) is 11.5 Å². The molecule has 1 N–H and O–H groups in total. The minimum atomic E-state index is -0.336. The zero-order chi connectivity index (χ0) is 13.8. The van der Waals surface area contributed by atoms with Crippen LogP contribution in [0.3, 0.4) is 0 Å². The first-order valence-electron chi connectivity index (χ1n) is 5.65. The van der Waals surface area contributed by atoms with Crippen LogP contribution in [-0.2, 0) is 6.54 Å². The molecule has 5 heteroatoms. The van der Waals surface area contributed by atoms with E-state index in [4.69, 9.17) is 4.74 Å². The van der Waals surface area contributed by atoms with Crippen molar-refractivity contribution in [3.63, 3.8) is 0 Å². The lowest BCUT2D eigenvalue weighted by Crippen LogP contribution is -2.06. The van der Waals surface area contributed by atoms with Gasteiger partial charge in [0.05, 0.1) is 0 Å². The Morgan fingerprint density at radius 2 is 1.89 bits per heavy atom. The number of hydrogen-bond acceptors (Lipinski definition) is 2. The Labute approximate surface area is 128 Å². The number of ether oxygens (including phenoxy) is 1. The van der Waals surface area contributed by atoms with Crippen LogP contribution >= 0.6 is 31.9 Å². The van der Waals surface area contributed by atoms with Crippen molar-refractivity contribution in [2.45, 2.75) is 6.54 Å². The number of halogens is 3. The van der Waals surface area contributed by atoms with E-state index in [-0.39, 0.29) is 5.82 Å². The highest BCUT2D eigenvalue weighted by Gasteiger charge is 2.07. The number of nitrogens with one attached hydrogen (secondary N) is 1. The fraction of sp³-hybridized carbons (Fsp3) is 0.143. The van der Waals surface area contributed by atoms with Crippen molar-refractivity contribution < 1.29 is 9.13 Å². The van der Waals surface area contributed by atoms with Crippen molar-refractivity contribution in [2.75, 3.05) is 7.05 Å². The van der Waals surface area contributed by atoms with Gasteiger partial charge in [-0.2, -0.15) is 0 Å². The van der Waals surface area contributed by atoms with Crippen molar-refractivity contribution >= 4 is 31.9 Å². The van der Waals surface area contributed by atoms with E-state index >= 15 is 0 Å².